The summed E-state index contributed by atoms with van der Waals surface area (Å²) in [5.41, 5.74) is 0. The summed E-state index contributed by atoms with van der Waals surface area (Å²) < 4.78 is 26.1. The monoisotopic (exact) mass is 369 g/mol. The van der Waals surface area contributed by atoms with E-state index < -0.39 is 22.5 Å². The number of aliphatic carboxylic acids is 1. The van der Waals surface area contributed by atoms with Crippen LogP contribution in [0.3, 0.4) is 0 Å². The Bertz CT molecular complexity index is 556. The fourth-order valence-electron chi connectivity index (χ4n) is 1.54. The molecule has 1 rings (SSSR count). The molecule has 0 amide bonds. The lowest BCUT2D eigenvalue weighted by molar-refractivity contribution is -0.137. The molecule has 0 aliphatic rings. The van der Waals surface area contributed by atoms with Gasteiger partial charge in [-0.25, -0.2) is 8.42 Å². The highest BCUT2D eigenvalue weighted by molar-refractivity contribution is 9.10. The molecule has 0 radical (unpaired) electrons. The average molecular weight is 371 g/mol. The molecule has 0 unspecified atom stereocenters. The zero-order chi connectivity index (χ0) is 14.6. The maximum atomic E-state index is 12.4. The quantitative estimate of drug-likeness (QED) is 0.835. The topological polar surface area (TPSA) is 74.7 Å². The highest BCUT2D eigenvalue weighted by Crippen LogP contribution is 2.31. The number of benzene rings is 1. The smallest absolute Gasteiger partial charge is 0.318 e. The third-order valence-electron chi connectivity index (χ3n) is 2.30. The maximum absolute atomic E-state index is 12.4. The van der Waals surface area contributed by atoms with Crippen molar-refractivity contribution in [2.45, 2.75) is 18.2 Å². The summed E-state index contributed by atoms with van der Waals surface area (Å²) in [4.78, 5) is 10.7. The van der Waals surface area contributed by atoms with Gasteiger partial charge in [-0.2, -0.15) is 4.31 Å². The van der Waals surface area contributed by atoms with Gasteiger partial charge in [0.1, 0.15) is 11.4 Å². The predicted molar refractivity (Wildman–Crippen MR) is 75.8 cm³/mol. The van der Waals surface area contributed by atoms with Crippen LogP contribution in [0, 0.1) is 0 Å². The third kappa shape index (κ3) is 3.92. The molecule has 5 nitrogen and oxygen atoms in total. The highest BCUT2D eigenvalue weighted by atomic mass is 79.9. The standard InChI is InChI=1S/C11H13BrClNO4S/c1-2-6-14(7-10(15)16)19(17,18)11-8(12)4-3-5-9(11)13/h3-5H,2,6-7H2,1H3,(H,15,16). The summed E-state index contributed by atoms with van der Waals surface area (Å²) in [6.45, 7) is 1.30. The van der Waals surface area contributed by atoms with Gasteiger partial charge in [0.2, 0.25) is 10.0 Å². The van der Waals surface area contributed by atoms with Crippen LogP contribution in [0.4, 0.5) is 0 Å². The minimum absolute atomic E-state index is 0.0564. The van der Waals surface area contributed by atoms with Crippen molar-refractivity contribution in [3.05, 3.63) is 27.7 Å². The molecule has 0 aliphatic carbocycles. The number of carbonyl (C=O) groups is 1. The van der Waals surface area contributed by atoms with Gasteiger partial charge in [-0.15, -0.1) is 0 Å². The predicted octanol–water partition coefficient (Wildman–Crippen LogP) is 2.59. The lowest BCUT2D eigenvalue weighted by Gasteiger charge is -2.21. The molecule has 0 heterocycles. The number of carboxylic acids is 1. The molecule has 0 saturated carbocycles. The van der Waals surface area contributed by atoms with E-state index in [9.17, 15) is 13.2 Å². The van der Waals surface area contributed by atoms with Gasteiger partial charge in [-0.3, -0.25) is 4.79 Å². The number of sulfonamides is 1. The Hall–Kier alpha value is -0.630. The minimum atomic E-state index is -3.95. The van der Waals surface area contributed by atoms with Gasteiger partial charge in [0, 0.05) is 11.0 Å². The zero-order valence-electron chi connectivity index (χ0n) is 10.1. The number of rotatable bonds is 6. The SMILES string of the molecule is CCCN(CC(=O)O)S(=O)(=O)c1c(Cl)cccc1Br. The second kappa shape index (κ2) is 6.69. The van der Waals surface area contributed by atoms with E-state index in [1.54, 1.807) is 19.1 Å². The number of carboxylic acid groups (broad SMARTS) is 1. The molecule has 0 bridgehead atoms. The molecule has 1 aromatic rings. The Morgan fingerprint density at radius 1 is 1.47 bits per heavy atom. The van der Waals surface area contributed by atoms with E-state index in [1.807, 2.05) is 0 Å². The van der Waals surface area contributed by atoms with Crippen LogP contribution < -0.4 is 0 Å². The number of nitrogens with zero attached hydrogens (tertiary/aromatic N) is 1. The van der Waals surface area contributed by atoms with Crippen LogP contribution in [0.2, 0.25) is 5.02 Å². The van der Waals surface area contributed by atoms with Crippen LogP contribution in [-0.2, 0) is 14.8 Å². The molecule has 0 saturated heterocycles. The Kier molecular flexibility index (Phi) is 5.79. The molecular formula is C11H13BrClNO4S. The summed E-state index contributed by atoms with van der Waals surface area (Å²) in [5.74, 6) is -1.21. The van der Waals surface area contributed by atoms with E-state index in [2.05, 4.69) is 15.9 Å². The van der Waals surface area contributed by atoms with Gasteiger partial charge < -0.3 is 5.11 Å². The van der Waals surface area contributed by atoms with Crippen LogP contribution in [-0.4, -0.2) is 36.9 Å². The summed E-state index contributed by atoms with van der Waals surface area (Å²) in [7, 11) is -3.95. The van der Waals surface area contributed by atoms with Gasteiger partial charge in [-0.1, -0.05) is 24.6 Å². The first-order valence-electron chi connectivity index (χ1n) is 5.46. The van der Waals surface area contributed by atoms with Crippen LogP contribution in [0.5, 0.6) is 0 Å². The van der Waals surface area contributed by atoms with Crippen molar-refractivity contribution in [2.24, 2.45) is 0 Å². The van der Waals surface area contributed by atoms with Crippen molar-refractivity contribution in [1.82, 2.24) is 4.31 Å². The molecule has 8 heteroatoms. The second-order valence-electron chi connectivity index (χ2n) is 3.78. The molecule has 106 valence electrons. The molecule has 19 heavy (non-hydrogen) atoms. The van der Waals surface area contributed by atoms with Crippen molar-refractivity contribution < 1.29 is 18.3 Å². The zero-order valence-corrected chi connectivity index (χ0v) is 13.3. The average Bonchev–Trinajstić information content (AvgIpc) is 2.27. The molecule has 0 atom stereocenters. The Balaban J connectivity index is 3.30. The summed E-state index contributed by atoms with van der Waals surface area (Å²) >= 11 is 9.04. The highest BCUT2D eigenvalue weighted by Gasteiger charge is 2.29. The van der Waals surface area contributed by atoms with Crippen molar-refractivity contribution >= 4 is 43.5 Å². The largest absolute Gasteiger partial charge is 0.480 e. The number of hydrogen-bond acceptors (Lipinski definition) is 3. The van der Waals surface area contributed by atoms with Crippen LogP contribution in [0.15, 0.2) is 27.6 Å². The van der Waals surface area contributed by atoms with Crippen molar-refractivity contribution in [3.63, 3.8) is 0 Å². The van der Waals surface area contributed by atoms with E-state index in [0.717, 1.165) is 4.31 Å². The molecule has 1 aromatic carbocycles. The molecule has 0 aliphatic heterocycles. The van der Waals surface area contributed by atoms with E-state index >= 15 is 0 Å². The van der Waals surface area contributed by atoms with Crippen molar-refractivity contribution in [3.8, 4) is 0 Å². The van der Waals surface area contributed by atoms with E-state index in [1.165, 1.54) is 6.07 Å². The van der Waals surface area contributed by atoms with Crippen molar-refractivity contribution in [1.29, 1.82) is 0 Å². The second-order valence-corrected chi connectivity index (χ2v) is 6.92. The van der Waals surface area contributed by atoms with Gasteiger partial charge >= 0.3 is 5.97 Å². The Morgan fingerprint density at radius 3 is 2.58 bits per heavy atom. The van der Waals surface area contributed by atoms with Crippen LogP contribution in [0.1, 0.15) is 13.3 Å². The number of halogens is 2. The molecule has 0 spiro atoms. The lowest BCUT2D eigenvalue weighted by atomic mass is 10.4. The third-order valence-corrected chi connectivity index (χ3v) is 5.60. The molecular weight excluding hydrogens is 358 g/mol. The normalized spacial score (nSPS) is 11.8. The fourth-order valence-corrected chi connectivity index (χ4v) is 4.69. The van der Waals surface area contributed by atoms with Gasteiger partial charge in [0.05, 0.1) is 5.02 Å². The van der Waals surface area contributed by atoms with E-state index in [-0.39, 0.29) is 16.5 Å². The summed E-state index contributed by atoms with van der Waals surface area (Å²) in [6, 6.07) is 4.60. The first-order chi connectivity index (χ1) is 8.80. The van der Waals surface area contributed by atoms with Gasteiger partial charge in [-0.05, 0) is 34.5 Å². The van der Waals surface area contributed by atoms with Crippen molar-refractivity contribution in [2.75, 3.05) is 13.1 Å². The summed E-state index contributed by atoms with van der Waals surface area (Å²) in [5, 5.41) is 8.86. The Morgan fingerprint density at radius 2 is 2.11 bits per heavy atom. The molecule has 0 fully saturated rings. The first kappa shape index (κ1) is 16.4. The minimum Gasteiger partial charge on any atom is -0.480 e. The molecule has 0 aromatic heterocycles. The Labute approximate surface area is 125 Å². The summed E-state index contributed by atoms with van der Waals surface area (Å²) in [6.07, 6.45) is 0.509. The van der Waals surface area contributed by atoms with Gasteiger partial charge in [0.25, 0.3) is 0 Å². The van der Waals surface area contributed by atoms with E-state index in [0.29, 0.717) is 10.9 Å². The lowest BCUT2D eigenvalue weighted by Crippen LogP contribution is -2.36. The first-order valence-corrected chi connectivity index (χ1v) is 8.07. The number of hydrogen-bond donors (Lipinski definition) is 1. The van der Waals surface area contributed by atoms with Crippen LogP contribution in [0.25, 0.3) is 0 Å². The van der Waals surface area contributed by atoms with Gasteiger partial charge in [0.15, 0.2) is 0 Å². The maximum Gasteiger partial charge on any atom is 0.318 e. The van der Waals surface area contributed by atoms with Crippen LogP contribution >= 0.6 is 27.5 Å². The molecule has 1 N–H and O–H groups in total. The van der Waals surface area contributed by atoms with E-state index in [4.69, 9.17) is 16.7 Å². The fraction of sp³-hybridized carbons (Fsp3) is 0.364.